The molecule has 88 valence electrons. The lowest BCUT2D eigenvalue weighted by Crippen LogP contribution is -2.32. The number of hydrazone groups is 1. The minimum absolute atomic E-state index is 0.00372. The van der Waals surface area contributed by atoms with E-state index in [-0.39, 0.29) is 17.6 Å². The zero-order valence-corrected chi connectivity index (χ0v) is 9.39. The van der Waals surface area contributed by atoms with Crippen LogP contribution in [0.5, 0.6) is 5.75 Å². The molecule has 2 N–H and O–H groups in total. The van der Waals surface area contributed by atoms with Gasteiger partial charge in [-0.1, -0.05) is 24.3 Å². The van der Waals surface area contributed by atoms with Crippen molar-refractivity contribution in [2.24, 2.45) is 11.0 Å². The van der Waals surface area contributed by atoms with Crippen molar-refractivity contribution in [3.05, 3.63) is 42.0 Å². The van der Waals surface area contributed by atoms with Crippen molar-refractivity contribution in [1.29, 1.82) is 0 Å². The zero-order valence-electron chi connectivity index (χ0n) is 9.39. The van der Waals surface area contributed by atoms with E-state index in [9.17, 15) is 9.90 Å². The second-order valence-electron chi connectivity index (χ2n) is 4.15. The molecule has 1 saturated carbocycles. The van der Waals surface area contributed by atoms with E-state index >= 15 is 0 Å². The molecule has 1 aromatic carbocycles. The number of aromatic hydroxyl groups is 1. The number of carbonyl (C=O) groups excluding carboxylic acids is 1. The SMILES string of the molecule is C=C1CC(C(=O)NN=Cc2ccccc2O)C1. The average molecular weight is 230 g/mol. The van der Waals surface area contributed by atoms with Gasteiger partial charge in [-0.05, 0) is 25.0 Å². The Morgan fingerprint density at radius 1 is 1.47 bits per heavy atom. The van der Waals surface area contributed by atoms with Gasteiger partial charge in [0.15, 0.2) is 0 Å². The van der Waals surface area contributed by atoms with Crippen LogP contribution in [0, 0.1) is 5.92 Å². The number of hydrogen-bond donors (Lipinski definition) is 2. The third-order valence-corrected chi connectivity index (χ3v) is 2.76. The summed E-state index contributed by atoms with van der Waals surface area (Å²) in [6.07, 6.45) is 2.93. The van der Waals surface area contributed by atoms with Crippen LogP contribution in [-0.2, 0) is 4.79 Å². The first kappa shape index (κ1) is 11.4. The molecule has 0 atom stereocenters. The summed E-state index contributed by atoms with van der Waals surface area (Å²) in [4.78, 5) is 11.5. The minimum atomic E-state index is -0.0935. The monoisotopic (exact) mass is 230 g/mol. The molecule has 4 heteroatoms. The molecule has 1 amide bonds. The molecular formula is C13H14N2O2. The molecule has 1 aliphatic carbocycles. The van der Waals surface area contributed by atoms with Gasteiger partial charge in [-0.3, -0.25) is 4.79 Å². The standard InChI is InChI=1S/C13H14N2O2/c1-9-6-11(7-9)13(17)15-14-8-10-4-2-3-5-12(10)16/h2-5,8,11,16H,1,6-7H2,(H,15,17). The zero-order chi connectivity index (χ0) is 12.3. The Hall–Kier alpha value is -2.10. The normalized spacial score (nSPS) is 15.9. The van der Waals surface area contributed by atoms with E-state index < -0.39 is 0 Å². The van der Waals surface area contributed by atoms with Crippen molar-refractivity contribution in [3.8, 4) is 5.75 Å². The summed E-state index contributed by atoms with van der Waals surface area (Å²) < 4.78 is 0. The number of nitrogens with one attached hydrogen (secondary N) is 1. The van der Waals surface area contributed by atoms with E-state index in [0.29, 0.717) is 5.56 Å². The molecule has 1 aromatic rings. The van der Waals surface area contributed by atoms with E-state index in [4.69, 9.17) is 0 Å². The summed E-state index contributed by atoms with van der Waals surface area (Å²) in [5.74, 6) is 0.0515. The number of nitrogens with zero attached hydrogens (tertiary/aromatic N) is 1. The van der Waals surface area contributed by atoms with Gasteiger partial charge in [0.25, 0.3) is 0 Å². The fraction of sp³-hybridized carbons (Fsp3) is 0.231. The first-order valence-corrected chi connectivity index (χ1v) is 5.44. The summed E-state index contributed by atoms with van der Waals surface area (Å²) in [7, 11) is 0. The molecule has 0 aromatic heterocycles. The van der Waals surface area contributed by atoms with Crippen molar-refractivity contribution in [3.63, 3.8) is 0 Å². The van der Waals surface area contributed by atoms with Gasteiger partial charge in [0.05, 0.1) is 6.21 Å². The summed E-state index contributed by atoms with van der Waals surface area (Å²) >= 11 is 0. The topological polar surface area (TPSA) is 61.7 Å². The molecule has 17 heavy (non-hydrogen) atoms. The van der Waals surface area contributed by atoms with Gasteiger partial charge in [-0.25, -0.2) is 5.43 Å². The Bertz CT molecular complexity index is 472. The molecule has 1 aliphatic rings. The van der Waals surface area contributed by atoms with Crippen molar-refractivity contribution in [2.75, 3.05) is 0 Å². The van der Waals surface area contributed by atoms with Crippen LogP contribution in [0.3, 0.4) is 0 Å². The number of phenols is 1. The fourth-order valence-electron chi connectivity index (χ4n) is 1.68. The molecular weight excluding hydrogens is 216 g/mol. The summed E-state index contributed by atoms with van der Waals surface area (Å²) in [5.41, 5.74) is 4.14. The maximum atomic E-state index is 11.5. The third kappa shape index (κ3) is 2.72. The highest BCUT2D eigenvalue weighted by Gasteiger charge is 2.27. The largest absolute Gasteiger partial charge is 0.507 e. The van der Waals surface area contributed by atoms with Crippen LogP contribution in [0.4, 0.5) is 0 Å². The van der Waals surface area contributed by atoms with Gasteiger partial charge < -0.3 is 5.11 Å². The number of phenolic OH excluding ortho intramolecular Hbond substituents is 1. The van der Waals surface area contributed by atoms with Crippen LogP contribution in [0.15, 0.2) is 41.5 Å². The van der Waals surface area contributed by atoms with Crippen LogP contribution < -0.4 is 5.43 Å². The van der Waals surface area contributed by atoms with Crippen molar-refractivity contribution < 1.29 is 9.90 Å². The molecule has 0 unspecified atom stereocenters. The van der Waals surface area contributed by atoms with Crippen LogP contribution in [0.2, 0.25) is 0 Å². The summed E-state index contributed by atoms with van der Waals surface area (Å²) in [5, 5.41) is 13.3. The van der Waals surface area contributed by atoms with Gasteiger partial charge in [0, 0.05) is 11.5 Å². The number of hydrogen-bond acceptors (Lipinski definition) is 3. The van der Waals surface area contributed by atoms with Crippen molar-refractivity contribution in [1.82, 2.24) is 5.43 Å². The smallest absolute Gasteiger partial charge is 0.243 e. The first-order chi connectivity index (χ1) is 8.16. The highest BCUT2D eigenvalue weighted by atomic mass is 16.3. The van der Waals surface area contributed by atoms with Crippen LogP contribution in [0.25, 0.3) is 0 Å². The van der Waals surface area contributed by atoms with Gasteiger partial charge >= 0.3 is 0 Å². The van der Waals surface area contributed by atoms with Gasteiger partial charge in [0.1, 0.15) is 5.75 Å². The van der Waals surface area contributed by atoms with E-state index in [0.717, 1.165) is 18.4 Å². The third-order valence-electron chi connectivity index (χ3n) is 2.76. The Morgan fingerprint density at radius 2 is 2.18 bits per heavy atom. The molecule has 0 spiro atoms. The maximum absolute atomic E-state index is 11.5. The average Bonchev–Trinajstić information content (AvgIpc) is 2.27. The highest BCUT2D eigenvalue weighted by Crippen LogP contribution is 2.31. The predicted molar refractivity (Wildman–Crippen MR) is 65.7 cm³/mol. The minimum Gasteiger partial charge on any atom is -0.507 e. The molecule has 2 rings (SSSR count). The number of allylic oxidation sites excluding steroid dienone is 1. The Morgan fingerprint density at radius 3 is 2.82 bits per heavy atom. The second-order valence-corrected chi connectivity index (χ2v) is 4.15. The number of rotatable bonds is 3. The first-order valence-electron chi connectivity index (χ1n) is 5.44. The predicted octanol–water partition coefficient (Wildman–Crippen LogP) is 1.81. The van der Waals surface area contributed by atoms with E-state index in [1.54, 1.807) is 24.3 Å². The van der Waals surface area contributed by atoms with E-state index in [2.05, 4.69) is 17.1 Å². The van der Waals surface area contributed by atoms with Crippen LogP contribution in [0.1, 0.15) is 18.4 Å². The summed E-state index contributed by atoms with van der Waals surface area (Å²) in [6, 6.07) is 6.80. The van der Waals surface area contributed by atoms with Gasteiger partial charge in [-0.2, -0.15) is 5.10 Å². The maximum Gasteiger partial charge on any atom is 0.243 e. The number of benzene rings is 1. The lowest BCUT2D eigenvalue weighted by atomic mass is 9.81. The highest BCUT2D eigenvalue weighted by molar-refractivity contribution is 5.86. The number of para-hydroxylation sites is 1. The lowest BCUT2D eigenvalue weighted by molar-refractivity contribution is -0.126. The Kier molecular flexibility index (Phi) is 3.23. The number of carbonyl (C=O) groups is 1. The van der Waals surface area contributed by atoms with E-state index in [1.165, 1.54) is 6.21 Å². The van der Waals surface area contributed by atoms with Crippen molar-refractivity contribution in [2.45, 2.75) is 12.8 Å². The van der Waals surface area contributed by atoms with Crippen LogP contribution in [-0.4, -0.2) is 17.2 Å². The quantitative estimate of drug-likeness (QED) is 0.472. The van der Waals surface area contributed by atoms with Gasteiger partial charge in [-0.15, -0.1) is 0 Å². The fourth-order valence-corrected chi connectivity index (χ4v) is 1.68. The molecule has 1 fully saturated rings. The summed E-state index contributed by atoms with van der Waals surface area (Å²) in [6.45, 7) is 3.78. The van der Waals surface area contributed by atoms with Crippen molar-refractivity contribution >= 4 is 12.1 Å². The van der Waals surface area contributed by atoms with Crippen LogP contribution >= 0.6 is 0 Å². The van der Waals surface area contributed by atoms with E-state index in [1.807, 2.05) is 0 Å². The molecule has 0 bridgehead atoms. The Labute approximate surface area is 99.7 Å². The lowest BCUT2D eigenvalue weighted by Gasteiger charge is -2.25. The van der Waals surface area contributed by atoms with Gasteiger partial charge in [0.2, 0.25) is 5.91 Å². The number of amides is 1. The molecule has 4 nitrogen and oxygen atoms in total. The second kappa shape index (κ2) is 4.82. The Balaban J connectivity index is 1.88. The molecule has 0 radical (unpaired) electrons. The molecule has 0 heterocycles. The molecule has 0 aliphatic heterocycles. The molecule has 0 saturated heterocycles.